The minimum atomic E-state index is -0.670. The molecule has 0 unspecified atom stereocenters. The first-order valence-electron chi connectivity index (χ1n) is 17.3. The zero-order valence-corrected chi connectivity index (χ0v) is 29.7. The molecule has 50 heavy (non-hydrogen) atoms. The minimum absolute atomic E-state index is 0.00456. The Morgan fingerprint density at radius 2 is 1.64 bits per heavy atom. The van der Waals surface area contributed by atoms with Gasteiger partial charge in [0, 0.05) is 57.4 Å². The number of nitrogens with zero attached hydrogens (tertiary/aromatic N) is 3. The second kappa shape index (κ2) is 16.7. The fourth-order valence-electron chi connectivity index (χ4n) is 6.44. The van der Waals surface area contributed by atoms with E-state index >= 15 is 0 Å². The second-order valence-corrected chi connectivity index (χ2v) is 13.8. The molecule has 3 aromatic carbocycles. The summed E-state index contributed by atoms with van der Waals surface area (Å²) in [5, 5.41) is 5.63. The van der Waals surface area contributed by atoms with Gasteiger partial charge in [-0.15, -0.1) is 0 Å². The normalized spacial score (nSPS) is 15.4. The van der Waals surface area contributed by atoms with Crippen LogP contribution in [-0.2, 0) is 32.0 Å². The van der Waals surface area contributed by atoms with Crippen LogP contribution in [0.5, 0.6) is 0 Å². The molecule has 2 N–H and O–H groups in total. The third kappa shape index (κ3) is 9.84. The molecule has 3 amide bonds. The second-order valence-electron chi connectivity index (χ2n) is 13.8. The van der Waals surface area contributed by atoms with E-state index in [2.05, 4.69) is 26.0 Å². The number of hydrogen-bond acceptors (Lipinski definition) is 7. The molecule has 0 spiro atoms. The number of hydrogen-bond donors (Lipinski definition) is 2. The number of alkyl carbamates (subject to hydrolysis) is 1. The van der Waals surface area contributed by atoms with Gasteiger partial charge in [0.25, 0.3) is 0 Å². The summed E-state index contributed by atoms with van der Waals surface area (Å²) in [7, 11) is 3.04. The predicted molar refractivity (Wildman–Crippen MR) is 194 cm³/mol. The van der Waals surface area contributed by atoms with Gasteiger partial charge in [0.05, 0.1) is 18.1 Å². The molecule has 5 rings (SSSR count). The van der Waals surface area contributed by atoms with Gasteiger partial charge in [0.1, 0.15) is 11.4 Å². The Kier molecular flexibility index (Phi) is 12.1. The number of para-hydroxylation sites is 2. The van der Waals surface area contributed by atoms with Crippen molar-refractivity contribution in [1.82, 2.24) is 19.8 Å². The van der Waals surface area contributed by atoms with Crippen molar-refractivity contribution in [2.24, 2.45) is 0 Å². The smallest absolute Gasteiger partial charge is 0.411 e. The number of likely N-dealkylation sites (tertiary alicyclic amines) is 1. The number of anilines is 1. The molecule has 4 aromatic rings. The standard InChI is InChI=1S/C39H49N5O6/c1-39(2,3)50-38(47)41-32(24-27-13-15-28(16-14-27)29-17-19-31(20-18-29)40-37(46)49-5)25-35(45)43-21-8-10-30(26-43)36-42-33-11-6-7-12-34(33)44(36)22-9-23-48-4/h6-7,11-20,30,32H,8-10,21-26H2,1-5H3,(H,40,46)(H,41,47)/t30-,32-/m1/s1. The van der Waals surface area contributed by atoms with Gasteiger partial charge in [-0.2, -0.15) is 0 Å². The van der Waals surface area contributed by atoms with Gasteiger partial charge in [0.2, 0.25) is 5.91 Å². The maximum absolute atomic E-state index is 13.9. The molecule has 1 aromatic heterocycles. The van der Waals surface area contributed by atoms with Crippen LogP contribution in [0.2, 0.25) is 0 Å². The van der Waals surface area contributed by atoms with Crippen LogP contribution in [0.1, 0.15) is 63.8 Å². The number of amides is 3. The SMILES string of the molecule is COCCCn1c([C@@H]2CCCN(C(=O)C[C@@H](Cc3ccc(-c4ccc(NC(=O)OC)cc4)cc3)NC(=O)OC(C)(C)C)C2)nc2ccccc21. The fourth-order valence-corrected chi connectivity index (χ4v) is 6.44. The predicted octanol–water partition coefficient (Wildman–Crippen LogP) is 7.15. The zero-order chi connectivity index (χ0) is 35.7. The first-order chi connectivity index (χ1) is 24.0. The van der Waals surface area contributed by atoms with Crippen LogP contribution in [-0.4, -0.2) is 78.1 Å². The summed E-state index contributed by atoms with van der Waals surface area (Å²) < 4.78 is 17.8. The van der Waals surface area contributed by atoms with E-state index in [0.717, 1.165) is 59.4 Å². The van der Waals surface area contributed by atoms with Gasteiger partial charge in [0.15, 0.2) is 0 Å². The number of aryl methyl sites for hydroxylation is 1. The van der Waals surface area contributed by atoms with Gasteiger partial charge in [-0.1, -0.05) is 48.5 Å². The first kappa shape index (κ1) is 36.4. The Hall–Kier alpha value is -4.90. The number of piperidine rings is 1. The zero-order valence-electron chi connectivity index (χ0n) is 29.7. The van der Waals surface area contributed by atoms with Crippen molar-refractivity contribution < 1.29 is 28.6 Å². The highest BCUT2D eigenvalue weighted by atomic mass is 16.6. The van der Waals surface area contributed by atoms with E-state index in [9.17, 15) is 14.4 Å². The lowest BCUT2D eigenvalue weighted by Gasteiger charge is -2.34. The van der Waals surface area contributed by atoms with E-state index in [0.29, 0.717) is 31.8 Å². The van der Waals surface area contributed by atoms with Crippen LogP contribution in [0, 0.1) is 0 Å². The number of benzene rings is 3. The van der Waals surface area contributed by atoms with Crippen LogP contribution >= 0.6 is 0 Å². The number of ether oxygens (including phenoxy) is 3. The molecule has 1 saturated heterocycles. The number of carbonyl (C=O) groups is 3. The highest BCUT2D eigenvalue weighted by molar-refractivity contribution is 5.85. The lowest BCUT2D eigenvalue weighted by molar-refractivity contribution is -0.133. The molecule has 2 atom stereocenters. The fraction of sp³-hybridized carbons (Fsp3) is 0.436. The Morgan fingerprint density at radius 1 is 0.940 bits per heavy atom. The summed E-state index contributed by atoms with van der Waals surface area (Å²) in [4.78, 5) is 45.3. The number of methoxy groups -OCH3 is 2. The minimum Gasteiger partial charge on any atom is -0.453 e. The van der Waals surface area contributed by atoms with Gasteiger partial charge in [-0.25, -0.2) is 14.6 Å². The molecule has 1 aliphatic rings. The maximum atomic E-state index is 13.9. The van der Waals surface area contributed by atoms with Crippen molar-refractivity contribution in [2.75, 3.05) is 39.2 Å². The molecule has 0 saturated carbocycles. The summed E-state index contributed by atoms with van der Waals surface area (Å²) in [6, 6.07) is 23.2. The van der Waals surface area contributed by atoms with Crippen LogP contribution in [0.4, 0.5) is 15.3 Å². The van der Waals surface area contributed by atoms with Crippen molar-refractivity contribution in [3.8, 4) is 11.1 Å². The average Bonchev–Trinajstić information content (AvgIpc) is 3.46. The Bertz CT molecular complexity index is 1750. The Balaban J connectivity index is 1.29. The van der Waals surface area contributed by atoms with Crippen LogP contribution < -0.4 is 10.6 Å². The van der Waals surface area contributed by atoms with Crippen molar-refractivity contribution in [3.63, 3.8) is 0 Å². The van der Waals surface area contributed by atoms with Crippen molar-refractivity contribution in [3.05, 3.63) is 84.2 Å². The highest BCUT2D eigenvalue weighted by Gasteiger charge is 2.30. The summed E-state index contributed by atoms with van der Waals surface area (Å²) in [5.41, 5.74) is 4.99. The topological polar surface area (TPSA) is 124 Å². The third-order valence-electron chi connectivity index (χ3n) is 8.78. The molecular weight excluding hydrogens is 634 g/mol. The van der Waals surface area contributed by atoms with Gasteiger partial charge in [-0.3, -0.25) is 10.1 Å². The molecule has 1 aliphatic heterocycles. The molecule has 11 nitrogen and oxygen atoms in total. The number of aromatic nitrogens is 2. The summed E-state index contributed by atoms with van der Waals surface area (Å²) in [6.07, 6.45) is 2.24. The summed E-state index contributed by atoms with van der Waals surface area (Å²) in [5.74, 6) is 1.12. The van der Waals surface area contributed by atoms with E-state index < -0.39 is 23.8 Å². The van der Waals surface area contributed by atoms with Crippen molar-refractivity contribution in [1.29, 1.82) is 0 Å². The maximum Gasteiger partial charge on any atom is 0.411 e. The highest BCUT2D eigenvalue weighted by Crippen LogP contribution is 2.30. The molecular formula is C39H49N5O6. The van der Waals surface area contributed by atoms with Crippen LogP contribution in [0.3, 0.4) is 0 Å². The molecule has 0 radical (unpaired) electrons. The number of imidazole rings is 1. The van der Waals surface area contributed by atoms with Crippen LogP contribution in [0.25, 0.3) is 22.2 Å². The number of carbonyl (C=O) groups excluding carboxylic acids is 3. The number of fused-ring (bicyclic) bond motifs is 1. The molecule has 11 heteroatoms. The van der Waals surface area contributed by atoms with E-state index in [1.165, 1.54) is 7.11 Å². The van der Waals surface area contributed by atoms with Crippen molar-refractivity contribution in [2.45, 2.75) is 77.0 Å². The van der Waals surface area contributed by atoms with Crippen molar-refractivity contribution >= 4 is 34.8 Å². The van der Waals surface area contributed by atoms with Gasteiger partial charge < -0.3 is 29.0 Å². The van der Waals surface area contributed by atoms with E-state index in [1.807, 2.05) is 92.4 Å². The number of nitrogens with one attached hydrogen (secondary N) is 2. The molecule has 1 fully saturated rings. The summed E-state index contributed by atoms with van der Waals surface area (Å²) >= 11 is 0. The summed E-state index contributed by atoms with van der Waals surface area (Å²) in [6.45, 7) is 8.17. The largest absolute Gasteiger partial charge is 0.453 e. The molecule has 0 bridgehead atoms. The van der Waals surface area contributed by atoms with Crippen LogP contribution in [0.15, 0.2) is 72.8 Å². The molecule has 2 heterocycles. The molecule has 0 aliphatic carbocycles. The first-order valence-corrected chi connectivity index (χ1v) is 17.3. The Morgan fingerprint density at radius 3 is 2.32 bits per heavy atom. The molecule has 266 valence electrons. The average molecular weight is 684 g/mol. The number of rotatable bonds is 12. The monoisotopic (exact) mass is 683 g/mol. The van der Waals surface area contributed by atoms with E-state index in [-0.39, 0.29) is 18.2 Å². The lowest BCUT2D eigenvalue weighted by atomic mass is 9.95. The quantitative estimate of drug-likeness (QED) is 0.152. The van der Waals surface area contributed by atoms with Gasteiger partial charge >= 0.3 is 12.2 Å². The van der Waals surface area contributed by atoms with Gasteiger partial charge in [-0.05, 0) is 87.4 Å². The lowest BCUT2D eigenvalue weighted by Crippen LogP contribution is -2.46. The van der Waals surface area contributed by atoms with E-state index in [4.69, 9.17) is 14.5 Å². The Labute approximate surface area is 294 Å². The van der Waals surface area contributed by atoms with E-state index in [1.54, 1.807) is 7.11 Å². The third-order valence-corrected chi connectivity index (χ3v) is 8.78.